The van der Waals surface area contributed by atoms with Crippen LogP contribution in [0.25, 0.3) is 0 Å². The molecule has 1 fully saturated rings. The highest BCUT2D eigenvalue weighted by Crippen LogP contribution is 2.37. The minimum Gasteiger partial charge on any atom is -0.478 e. The minimum absolute atomic E-state index is 0.00645. The van der Waals surface area contributed by atoms with Gasteiger partial charge in [-0.05, 0) is 30.4 Å². The first-order chi connectivity index (χ1) is 9.22. The Morgan fingerprint density at radius 2 is 2.05 bits per heavy atom. The first kappa shape index (κ1) is 15.6. The van der Waals surface area contributed by atoms with Crippen molar-refractivity contribution in [2.45, 2.75) is 18.2 Å². The highest BCUT2D eigenvalue weighted by atomic mass is 35.5. The van der Waals surface area contributed by atoms with E-state index in [1.54, 1.807) is 0 Å². The molecule has 0 aliphatic heterocycles. The molecule has 1 aliphatic carbocycles. The Hall–Kier alpha value is -0.820. The normalized spacial score (nSPS) is 21.8. The standard InChI is InChI=1S/C12H13Cl2NO4S/c1-6-2-7(6)5-15-20(18,19)10-4-8(13)3-9(11(10)14)12(16)17/h3-4,6-7,15H,2,5H2,1H3,(H,16,17). The van der Waals surface area contributed by atoms with E-state index in [1.165, 1.54) is 0 Å². The fourth-order valence-electron chi connectivity index (χ4n) is 1.89. The van der Waals surface area contributed by atoms with Gasteiger partial charge in [-0.2, -0.15) is 0 Å². The van der Waals surface area contributed by atoms with Gasteiger partial charge in [-0.1, -0.05) is 30.1 Å². The van der Waals surface area contributed by atoms with Crippen LogP contribution in [-0.2, 0) is 10.0 Å². The Bertz CT molecular complexity index is 660. The van der Waals surface area contributed by atoms with Gasteiger partial charge in [-0.25, -0.2) is 17.9 Å². The van der Waals surface area contributed by atoms with Crippen LogP contribution in [0.1, 0.15) is 23.7 Å². The van der Waals surface area contributed by atoms with E-state index in [9.17, 15) is 13.2 Å². The molecule has 110 valence electrons. The largest absolute Gasteiger partial charge is 0.478 e. The number of rotatable bonds is 5. The van der Waals surface area contributed by atoms with Crippen molar-refractivity contribution in [3.05, 3.63) is 27.7 Å². The predicted octanol–water partition coefficient (Wildman–Crippen LogP) is 2.63. The van der Waals surface area contributed by atoms with Crippen molar-refractivity contribution in [1.82, 2.24) is 4.72 Å². The van der Waals surface area contributed by atoms with Crippen molar-refractivity contribution in [2.75, 3.05) is 6.54 Å². The number of hydrogen-bond acceptors (Lipinski definition) is 3. The molecule has 0 amide bonds. The molecule has 1 saturated carbocycles. The van der Waals surface area contributed by atoms with Gasteiger partial charge in [0.25, 0.3) is 0 Å². The van der Waals surface area contributed by atoms with Crippen LogP contribution in [0.4, 0.5) is 0 Å². The van der Waals surface area contributed by atoms with Gasteiger partial charge in [0.15, 0.2) is 0 Å². The molecular weight excluding hydrogens is 325 g/mol. The van der Waals surface area contributed by atoms with Crippen LogP contribution in [0.3, 0.4) is 0 Å². The molecule has 8 heteroatoms. The van der Waals surface area contributed by atoms with E-state index < -0.39 is 16.0 Å². The van der Waals surface area contributed by atoms with Crippen molar-refractivity contribution in [2.24, 2.45) is 11.8 Å². The summed E-state index contributed by atoms with van der Waals surface area (Å²) in [7, 11) is -3.88. The van der Waals surface area contributed by atoms with Crippen LogP contribution in [0, 0.1) is 11.8 Å². The van der Waals surface area contributed by atoms with E-state index in [4.69, 9.17) is 28.3 Å². The molecular formula is C12H13Cl2NO4S. The van der Waals surface area contributed by atoms with E-state index in [-0.39, 0.29) is 20.5 Å². The van der Waals surface area contributed by atoms with Gasteiger partial charge >= 0.3 is 5.97 Å². The van der Waals surface area contributed by atoms with Crippen molar-refractivity contribution >= 4 is 39.2 Å². The summed E-state index contributed by atoms with van der Waals surface area (Å²) in [5.41, 5.74) is -0.334. The smallest absolute Gasteiger partial charge is 0.337 e. The molecule has 1 aromatic rings. The Morgan fingerprint density at radius 1 is 1.45 bits per heavy atom. The maximum Gasteiger partial charge on any atom is 0.337 e. The van der Waals surface area contributed by atoms with Gasteiger partial charge in [0.2, 0.25) is 10.0 Å². The lowest BCUT2D eigenvalue weighted by Crippen LogP contribution is -2.26. The van der Waals surface area contributed by atoms with Crippen LogP contribution in [0.5, 0.6) is 0 Å². The summed E-state index contributed by atoms with van der Waals surface area (Å²) in [4.78, 5) is 10.7. The molecule has 20 heavy (non-hydrogen) atoms. The number of halogens is 2. The maximum atomic E-state index is 12.2. The predicted molar refractivity (Wildman–Crippen MR) is 75.9 cm³/mol. The second-order valence-electron chi connectivity index (χ2n) is 4.90. The van der Waals surface area contributed by atoms with Gasteiger partial charge < -0.3 is 5.11 Å². The Labute approximate surface area is 126 Å². The topological polar surface area (TPSA) is 83.5 Å². The van der Waals surface area contributed by atoms with Gasteiger partial charge in [0, 0.05) is 11.6 Å². The Kier molecular flexibility index (Phi) is 4.30. The van der Waals surface area contributed by atoms with Crippen molar-refractivity contribution in [3.8, 4) is 0 Å². The average Bonchev–Trinajstić information content (AvgIpc) is 3.05. The maximum absolute atomic E-state index is 12.2. The number of aromatic carboxylic acids is 1. The van der Waals surface area contributed by atoms with E-state index in [2.05, 4.69) is 4.72 Å². The molecule has 2 N–H and O–H groups in total. The monoisotopic (exact) mass is 337 g/mol. The quantitative estimate of drug-likeness (QED) is 0.864. The van der Waals surface area contributed by atoms with Crippen LogP contribution in [0.2, 0.25) is 10.0 Å². The number of nitrogens with one attached hydrogen (secondary N) is 1. The van der Waals surface area contributed by atoms with Gasteiger partial charge in [-0.15, -0.1) is 0 Å². The average molecular weight is 338 g/mol. The summed E-state index contributed by atoms with van der Waals surface area (Å²) in [5.74, 6) is -0.506. The fourth-order valence-corrected chi connectivity index (χ4v) is 3.89. The van der Waals surface area contributed by atoms with E-state index in [1.807, 2.05) is 6.92 Å². The number of hydrogen-bond donors (Lipinski definition) is 2. The van der Waals surface area contributed by atoms with Crippen molar-refractivity contribution in [1.29, 1.82) is 0 Å². The molecule has 0 spiro atoms. The fraction of sp³-hybridized carbons (Fsp3) is 0.417. The third kappa shape index (κ3) is 3.25. The van der Waals surface area contributed by atoms with E-state index in [0.717, 1.165) is 18.6 Å². The molecule has 5 nitrogen and oxygen atoms in total. The molecule has 1 aliphatic rings. The summed E-state index contributed by atoms with van der Waals surface area (Å²) in [5, 5.41) is 8.66. The number of carboxylic acid groups (broad SMARTS) is 1. The first-order valence-corrected chi connectivity index (χ1v) is 8.18. The highest BCUT2D eigenvalue weighted by Gasteiger charge is 2.34. The van der Waals surface area contributed by atoms with Gasteiger partial charge in [0.1, 0.15) is 4.90 Å². The zero-order chi connectivity index (χ0) is 15.1. The van der Waals surface area contributed by atoms with Gasteiger partial charge in [-0.3, -0.25) is 0 Å². The Morgan fingerprint density at radius 3 is 2.55 bits per heavy atom. The molecule has 2 atom stereocenters. The highest BCUT2D eigenvalue weighted by molar-refractivity contribution is 7.89. The molecule has 2 rings (SSSR count). The Balaban J connectivity index is 2.33. The third-order valence-electron chi connectivity index (χ3n) is 3.34. The van der Waals surface area contributed by atoms with Crippen LogP contribution in [0.15, 0.2) is 17.0 Å². The summed E-state index contributed by atoms with van der Waals surface area (Å²) in [6.07, 6.45) is 0.978. The van der Waals surface area contributed by atoms with Crippen molar-refractivity contribution < 1.29 is 18.3 Å². The number of benzene rings is 1. The minimum atomic E-state index is -3.88. The number of carbonyl (C=O) groups is 1. The summed E-state index contributed by atoms with van der Waals surface area (Å²) in [6.45, 7) is 2.35. The zero-order valence-corrected chi connectivity index (χ0v) is 12.9. The molecule has 0 heterocycles. The lowest BCUT2D eigenvalue weighted by Gasteiger charge is -2.10. The summed E-state index contributed by atoms with van der Waals surface area (Å²) >= 11 is 11.6. The van der Waals surface area contributed by atoms with Crippen LogP contribution in [-0.4, -0.2) is 26.0 Å². The molecule has 0 saturated heterocycles. The molecule has 0 bridgehead atoms. The SMILES string of the molecule is CC1CC1CNS(=O)(=O)c1cc(Cl)cc(C(=O)O)c1Cl. The molecule has 0 aromatic heterocycles. The molecule has 1 aromatic carbocycles. The molecule has 2 unspecified atom stereocenters. The second kappa shape index (κ2) is 5.52. The second-order valence-corrected chi connectivity index (χ2v) is 7.45. The zero-order valence-electron chi connectivity index (χ0n) is 10.6. The van der Waals surface area contributed by atoms with Crippen molar-refractivity contribution in [3.63, 3.8) is 0 Å². The lowest BCUT2D eigenvalue weighted by atomic mass is 10.2. The summed E-state index contributed by atoms with van der Waals surface area (Å²) in [6, 6.07) is 2.27. The number of carboxylic acids is 1. The van der Waals surface area contributed by atoms with Crippen LogP contribution >= 0.6 is 23.2 Å². The van der Waals surface area contributed by atoms with E-state index >= 15 is 0 Å². The van der Waals surface area contributed by atoms with E-state index in [0.29, 0.717) is 18.4 Å². The number of sulfonamides is 1. The lowest BCUT2D eigenvalue weighted by molar-refractivity contribution is 0.0697. The van der Waals surface area contributed by atoms with Gasteiger partial charge in [0.05, 0.1) is 10.6 Å². The van der Waals surface area contributed by atoms with Crippen LogP contribution < -0.4 is 4.72 Å². The summed E-state index contributed by atoms with van der Waals surface area (Å²) < 4.78 is 26.8. The molecule has 0 radical (unpaired) electrons. The third-order valence-corrected chi connectivity index (χ3v) is 5.52. The first-order valence-electron chi connectivity index (χ1n) is 5.94.